The van der Waals surface area contributed by atoms with Crippen molar-refractivity contribution in [1.29, 1.82) is 0 Å². The molecule has 1 rings (SSSR count). The second kappa shape index (κ2) is 6.42. The van der Waals surface area contributed by atoms with Gasteiger partial charge in [-0.25, -0.2) is 4.98 Å². The maximum absolute atomic E-state index is 11.9. The molecular formula is C11H16F3N3O. The fourth-order valence-corrected chi connectivity index (χ4v) is 1.43. The molecule has 18 heavy (non-hydrogen) atoms. The van der Waals surface area contributed by atoms with Crippen LogP contribution in [0.5, 0.6) is 0 Å². The molecule has 102 valence electrons. The third-order valence-corrected chi connectivity index (χ3v) is 2.32. The van der Waals surface area contributed by atoms with Crippen molar-refractivity contribution in [3.05, 3.63) is 22.2 Å². The van der Waals surface area contributed by atoms with Crippen LogP contribution in [0.25, 0.3) is 0 Å². The van der Waals surface area contributed by atoms with E-state index in [0.717, 1.165) is 0 Å². The van der Waals surface area contributed by atoms with E-state index in [9.17, 15) is 18.0 Å². The summed E-state index contributed by atoms with van der Waals surface area (Å²) in [5.41, 5.74) is -0.264. The lowest BCUT2D eigenvalue weighted by atomic mass is 10.2. The number of aryl methyl sites for hydroxylation is 1. The average Bonchev–Trinajstić information content (AvgIpc) is 2.26. The van der Waals surface area contributed by atoms with E-state index in [1.54, 1.807) is 0 Å². The van der Waals surface area contributed by atoms with Crippen LogP contribution >= 0.6 is 0 Å². The molecule has 0 radical (unpaired) electrons. The van der Waals surface area contributed by atoms with Crippen molar-refractivity contribution in [2.24, 2.45) is 0 Å². The molecule has 7 heteroatoms. The molecule has 0 fully saturated rings. The lowest BCUT2D eigenvalue weighted by Crippen LogP contribution is -2.14. The molecule has 0 amide bonds. The van der Waals surface area contributed by atoms with Gasteiger partial charge in [-0.15, -0.1) is 0 Å². The summed E-state index contributed by atoms with van der Waals surface area (Å²) in [6.45, 7) is 2.22. The van der Waals surface area contributed by atoms with Crippen LogP contribution in [0.4, 0.5) is 19.0 Å². The first-order valence-electron chi connectivity index (χ1n) is 5.81. The largest absolute Gasteiger partial charge is 0.389 e. The lowest BCUT2D eigenvalue weighted by Gasteiger charge is -2.07. The molecule has 0 spiro atoms. The first-order chi connectivity index (χ1) is 8.40. The molecule has 0 saturated carbocycles. The second-order valence-electron chi connectivity index (χ2n) is 3.93. The van der Waals surface area contributed by atoms with Crippen LogP contribution in [0.15, 0.2) is 10.9 Å². The normalized spacial score (nSPS) is 11.6. The number of rotatable bonds is 6. The summed E-state index contributed by atoms with van der Waals surface area (Å²) in [7, 11) is 0. The molecule has 1 heterocycles. The third-order valence-electron chi connectivity index (χ3n) is 2.32. The van der Waals surface area contributed by atoms with Gasteiger partial charge in [0.2, 0.25) is 0 Å². The second-order valence-corrected chi connectivity index (χ2v) is 3.93. The molecule has 1 aromatic rings. The number of unbranched alkanes of at least 4 members (excludes halogenated alkanes) is 1. The van der Waals surface area contributed by atoms with Crippen molar-refractivity contribution in [3.63, 3.8) is 0 Å². The summed E-state index contributed by atoms with van der Waals surface area (Å²) in [4.78, 5) is 17.9. The molecule has 0 saturated heterocycles. The Morgan fingerprint density at radius 3 is 2.72 bits per heavy atom. The molecular weight excluding hydrogens is 247 g/mol. The third kappa shape index (κ3) is 5.70. The Labute approximate surface area is 103 Å². The Morgan fingerprint density at radius 2 is 2.11 bits per heavy atom. The van der Waals surface area contributed by atoms with E-state index in [1.807, 2.05) is 6.92 Å². The smallest absolute Gasteiger partial charge is 0.370 e. The number of hydrogen-bond donors (Lipinski definition) is 2. The summed E-state index contributed by atoms with van der Waals surface area (Å²) in [5.74, 6) is 0.961. The summed E-state index contributed by atoms with van der Waals surface area (Å²) >= 11 is 0. The standard InChI is InChI=1S/C11H16F3N3O/c1-2-8-16-9(7-10(18)17-8)15-6-4-3-5-11(12,13)14/h7H,2-6H2,1H3,(H2,15,16,17,18). The fourth-order valence-electron chi connectivity index (χ4n) is 1.43. The van der Waals surface area contributed by atoms with E-state index in [0.29, 0.717) is 31.0 Å². The maximum Gasteiger partial charge on any atom is 0.389 e. The number of nitrogens with one attached hydrogen (secondary N) is 2. The van der Waals surface area contributed by atoms with Crippen LogP contribution < -0.4 is 10.9 Å². The minimum Gasteiger partial charge on any atom is -0.370 e. The quantitative estimate of drug-likeness (QED) is 0.775. The minimum atomic E-state index is -4.10. The van der Waals surface area contributed by atoms with E-state index in [1.165, 1.54) is 6.07 Å². The molecule has 0 bridgehead atoms. The highest BCUT2D eigenvalue weighted by Crippen LogP contribution is 2.21. The van der Waals surface area contributed by atoms with Crippen LogP contribution in [-0.2, 0) is 6.42 Å². The topological polar surface area (TPSA) is 57.8 Å². The first kappa shape index (κ1) is 14.5. The maximum atomic E-state index is 11.9. The van der Waals surface area contributed by atoms with Gasteiger partial charge in [0.1, 0.15) is 11.6 Å². The molecule has 1 aromatic heterocycles. The number of alkyl halides is 3. The van der Waals surface area contributed by atoms with Crippen molar-refractivity contribution in [2.45, 2.75) is 38.8 Å². The van der Waals surface area contributed by atoms with Crippen LogP contribution in [-0.4, -0.2) is 22.7 Å². The van der Waals surface area contributed by atoms with Crippen LogP contribution in [0.1, 0.15) is 32.0 Å². The summed E-state index contributed by atoms with van der Waals surface area (Å²) in [6, 6.07) is 1.29. The number of hydrogen-bond acceptors (Lipinski definition) is 3. The number of H-pyrrole nitrogens is 1. The highest BCUT2D eigenvalue weighted by molar-refractivity contribution is 5.32. The van der Waals surface area contributed by atoms with Gasteiger partial charge in [0, 0.05) is 25.5 Å². The highest BCUT2D eigenvalue weighted by atomic mass is 19.4. The molecule has 0 unspecified atom stereocenters. The first-order valence-corrected chi connectivity index (χ1v) is 5.81. The van der Waals surface area contributed by atoms with Gasteiger partial charge in [0.25, 0.3) is 5.56 Å². The van der Waals surface area contributed by atoms with Crippen molar-refractivity contribution in [3.8, 4) is 0 Å². The Hall–Kier alpha value is -1.53. The van der Waals surface area contributed by atoms with Gasteiger partial charge < -0.3 is 10.3 Å². The molecule has 0 aliphatic rings. The predicted molar refractivity (Wildman–Crippen MR) is 62.6 cm³/mol. The monoisotopic (exact) mass is 263 g/mol. The summed E-state index contributed by atoms with van der Waals surface area (Å²) < 4.78 is 35.6. The number of aromatic amines is 1. The van der Waals surface area contributed by atoms with E-state index >= 15 is 0 Å². The van der Waals surface area contributed by atoms with Gasteiger partial charge in [-0.1, -0.05) is 6.92 Å². The van der Waals surface area contributed by atoms with Crippen molar-refractivity contribution in [2.75, 3.05) is 11.9 Å². The Bertz CT molecular complexity index is 428. The van der Waals surface area contributed by atoms with Gasteiger partial charge in [-0.2, -0.15) is 13.2 Å². The van der Waals surface area contributed by atoms with Crippen LogP contribution in [0.3, 0.4) is 0 Å². The SMILES string of the molecule is CCc1nc(NCCCCC(F)(F)F)cc(=O)[nH]1. The molecule has 0 aliphatic carbocycles. The fraction of sp³-hybridized carbons (Fsp3) is 0.636. The van der Waals surface area contributed by atoms with E-state index in [2.05, 4.69) is 15.3 Å². The Kier molecular flexibility index (Phi) is 5.18. The molecule has 0 aromatic carbocycles. The van der Waals surface area contributed by atoms with Crippen LogP contribution in [0.2, 0.25) is 0 Å². The van der Waals surface area contributed by atoms with Crippen LogP contribution in [0, 0.1) is 0 Å². The number of aromatic nitrogens is 2. The summed E-state index contributed by atoms with van der Waals surface area (Å²) in [6.07, 6.45) is -3.83. The van der Waals surface area contributed by atoms with Gasteiger partial charge >= 0.3 is 6.18 Å². The highest BCUT2D eigenvalue weighted by Gasteiger charge is 2.25. The lowest BCUT2D eigenvalue weighted by molar-refractivity contribution is -0.135. The van der Waals surface area contributed by atoms with E-state index in [4.69, 9.17) is 0 Å². The molecule has 0 aliphatic heterocycles. The predicted octanol–water partition coefficient (Wildman–Crippen LogP) is 2.48. The summed E-state index contributed by atoms with van der Waals surface area (Å²) in [5, 5.41) is 2.85. The van der Waals surface area contributed by atoms with Crippen molar-refractivity contribution >= 4 is 5.82 Å². The van der Waals surface area contributed by atoms with Gasteiger partial charge in [-0.05, 0) is 12.8 Å². The van der Waals surface area contributed by atoms with E-state index < -0.39 is 12.6 Å². The molecule has 4 nitrogen and oxygen atoms in total. The zero-order valence-corrected chi connectivity index (χ0v) is 10.1. The molecule has 2 N–H and O–H groups in total. The average molecular weight is 263 g/mol. The van der Waals surface area contributed by atoms with Gasteiger partial charge in [-0.3, -0.25) is 4.79 Å². The minimum absolute atomic E-state index is 0.0698. The van der Waals surface area contributed by atoms with Crippen molar-refractivity contribution < 1.29 is 13.2 Å². The Balaban J connectivity index is 2.35. The van der Waals surface area contributed by atoms with Crippen molar-refractivity contribution in [1.82, 2.24) is 9.97 Å². The van der Waals surface area contributed by atoms with Gasteiger partial charge in [0.05, 0.1) is 0 Å². The van der Waals surface area contributed by atoms with Gasteiger partial charge in [0.15, 0.2) is 0 Å². The zero-order chi connectivity index (χ0) is 13.6. The Morgan fingerprint density at radius 1 is 1.39 bits per heavy atom. The molecule has 0 atom stereocenters. The number of anilines is 1. The number of nitrogens with zero attached hydrogens (tertiary/aromatic N) is 1. The number of halogens is 3. The van der Waals surface area contributed by atoms with E-state index in [-0.39, 0.29) is 12.0 Å². The zero-order valence-electron chi connectivity index (χ0n) is 10.1.